The summed E-state index contributed by atoms with van der Waals surface area (Å²) in [4.78, 5) is 19.6. The van der Waals surface area contributed by atoms with E-state index in [-0.39, 0.29) is 29.8 Å². The largest absolute Gasteiger partial charge is 0.489 e. The first-order valence-corrected chi connectivity index (χ1v) is 12.8. The van der Waals surface area contributed by atoms with Crippen molar-refractivity contribution in [1.29, 1.82) is 0 Å². The number of hydrogen-bond donors (Lipinski definition) is 1. The van der Waals surface area contributed by atoms with Crippen LogP contribution in [0.1, 0.15) is 24.2 Å². The first-order chi connectivity index (χ1) is 16.3. The molecule has 2 aliphatic rings. The van der Waals surface area contributed by atoms with Crippen molar-refractivity contribution in [3.63, 3.8) is 0 Å². The topological polar surface area (TPSA) is 110 Å². The Labute approximate surface area is 199 Å². The molecule has 1 amide bonds. The van der Waals surface area contributed by atoms with Crippen molar-refractivity contribution in [3.05, 3.63) is 42.1 Å². The molecule has 2 fully saturated rings. The van der Waals surface area contributed by atoms with Crippen LogP contribution < -0.4 is 15.0 Å². The number of pyridine rings is 1. The van der Waals surface area contributed by atoms with E-state index in [2.05, 4.69) is 15.2 Å². The summed E-state index contributed by atoms with van der Waals surface area (Å²) < 4.78 is 44.1. The van der Waals surface area contributed by atoms with Gasteiger partial charge in [-0.2, -0.15) is 4.31 Å². The number of hydrogen-bond acceptors (Lipinski definition) is 8. The summed E-state index contributed by atoms with van der Waals surface area (Å²) in [6, 6.07) is 8.00. The zero-order valence-corrected chi connectivity index (χ0v) is 20.2. The molecule has 0 unspecified atom stereocenters. The molecular formula is C23H30N4O6S. The number of sulfonamides is 1. The maximum atomic E-state index is 13.1. The van der Waals surface area contributed by atoms with Gasteiger partial charge in [0.15, 0.2) is 0 Å². The molecule has 2 saturated heterocycles. The highest BCUT2D eigenvalue weighted by molar-refractivity contribution is 7.89. The predicted octanol–water partition coefficient (Wildman–Crippen LogP) is 1.98. The zero-order chi connectivity index (χ0) is 24.1. The summed E-state index contributed by atoms with van der Waals surface area (Å²) in [5.74, 6) is 0.764. The Balaban J connectivity index is 1.56. The highest BCUT2D eigenvalue weighted by atomic mass is 32.2. The highest BCUT2D eigenvalue weighted by Gasteiger charge is 2.27. The van der Waals surface area contributed by atoms with Gasteiger partial charge < -0.3 is 24.4 Å². The first-order valence-electron chi connectivity index (χ1n) is 11.3. The van der Waals surface area contributed by atoms with E-state index in [1.54, 1.807) is 18.2 Å². The Morgan fingerprint density at radius 3 is 2.32 bits per heavy atom. The van der Waals surface area contributed by atoms with Gasteiger partial charge in [-0.25, -0.2) is 13.4 Å². The minimum Gasteiger partial charge on any atom is -0.489 e. The number of nitrogens with zero attached hydrogens (tertiary/aromatic N) is 3. The van der Waals surface area contributed by atoms with Crippen molar-refractivity contribution < 1.29 is 27.4 Å². The molecule has 4 rings (SSSR count). The number of carbonyl (C=O) groups excluding carboxylic acids is 1. The molecule has 0 bridgehead atoms. The molecule has 11 heteroatoms. The fraction of sp³-hybridized carbons (Fsp3) is 0.478. The lowest BCUT2D eigenvalue weighted by Crippen LogP contribution is -2.40. The Bertz CT molecular complexity index is 1090. The van der Waals surface area contributed by atoms with Crippen molar-refractivity contribution in [2.24, 2.45) is 0 Å². The Morgan fingerprint density at radius 1 is 1.03 bits per heavy atom. The molecule has 0 atom stereocenters. The number of anilines is 2. The Kier molecular flexibility index (Phi) is 7.67. The van der Waals surface area contributed by atoms with Crippen LogP contribution in [0.15, 0.2) is 41.4 Å². The summed E-state index contributed by atoms with van der Waals surface area (Å²) in [6.45, 7) is 7.78. The van der Waals surface area contributed by atoms with E-state index in [1.165, 1.54) is 22.6 Å². The van der Waals surface area contributed by atoms with Gasteiger partial charge >= 0.3 is 0 Å². The molecule has 0 radical (unpaired) electrons. The number of benzene rings is 1. The summed E-state index contributed by atoms with van der Waals surface area (Å²) in [6.07, 6.45) is 1.35. The molecule has 1 N–H and O–H groups in total. The molecule has 0 aliphatic carbocycles. The lowest BCUT2D eigenvalue weighted by atomic mass is 10.2. The maximum Gasteiger partial charge on any atom is 0.257 e. The average molecular weight is 491 g/mol. The number of morpholine rings is 2. The number of rotatable bonds is 7. The van der Waals surface area contributed by atoms with Crippen LogP contribution >= 0.6 is 0 Å². The zero-order valence-electron chi connectivity index (χ0n) is 19.4. The van der Waals surface area contributed by atoms with Gasteiger partial charge in [0.1, 0.15) is 11.6 Å². The van der Waals surface area contributed by atoms with E-state index < -0.39 is 15.9 Å². The molecular weight excluding hydrogens is 460 g/mol. The van der Waals surface area contributed by atoms with E-state index in [0.717, 1.165) is 18.9 Å². The van der Waals surface area contributed by atoms with Crippen LogP contribution in [0.5, 0.6) is 5.75 Å². The van der Waals surface area contributed by atoms with Gasteiger partial charge in [-0.1, -0.05) is 0 Å². The normalized spacial score (nSPS) is 17.6. The molecule has 10 nitrogen and oxygen atoms in total. The number of carbonyl (C=O) groups is 1. The fourth-order valence-electron chi connectivity index (χ4n) is 3.75. The Morgan fingerprint density at radius 2 is 1.71 bits per heavy atom. The van der Waals surface area contributed by atoms with Gasteiger partial charge in [-0.05, 0) is 44.2 Å². The second kappa shape index (κ2) is 10.7. The van der Waals surface area contributed by atoms with Crippen LogP contribution in [0.4, 0.5) is 11.5 Å². The average Bonchev–Trinajstić information content (AvgIpc) is 2.86. The van der Waals surface area contributed by atoms with Crippen LogP contribution in [0.3, 0.4) is 0 Å². The summed E-state index contributed by atoms with van der Waals surface area (Å²) in [7, 11) is -3.73. The monoisotopic (exact) mass is 490 g/mol. The molecule has 3 heterocycles. The van der Waals surface area contributed by atoms with E-state index in [9.17, 15) is 13.2 Å². The van der Waals surface area contributed by atoms with Crippen LogP contribution in [0, 0.1) is 0 Å². The van der Waals surface area contributed by atoms with Gasteiger partial charge in [0.2, 0.25) is 10.0 Å². The van der Waals surface area contributed by atoms with E-state index in [1.807, 2.05) is 13.8 Å². The first kappa shape index (κ1) is 24.4. The quantitative estimate of drug-likeness (QED) is 0.627. The minimum absolute atomic E-state index is 0.0848. The molecule has 2 aliphatic heterocycles. The van der Waals surface area contributed by atoms with E-state index >= 15 is 0 Å². The van der Waals surface area contributed by atoms with Gasteiger partial charge in [-0.15, -0.1) is 0 Å². The van der Waals surface area contributed by atoms with Crippen molar-refractivity contribution in [1.82, 2.24) is 9.29 Å². The number of nitrogens with one attached hydrogen (secondary N) is 1. The second-order valence-electron chi connectivity index (χ2n) is 8.30. The third-order valence-corrected chi connectivity index (χ3v) is 7.41. The molecule has 2 aromatic rings. The SMILES string of the molecule is CC(C)Oc1ccc(S(=O)(=O)N2CCOCC2)cc1NC(=O)c1ccc(N2CCOCC2)nc1. The lowest BCUT2D eigenvalue weighted by molar-refractivity contribution is 0.0730. The third-order valence-electron chi connectivity index (χ3n) is 5.51. The molecule has 0 saturated carbocycles. The number of amides is 1. The Hall–Kier alpha value is -2.73. The van der Waals surface area contributed by atoms with Gasteiger partial charge in [-0.3, -0.25) is 4.79 Å². The lowest BCUT2D eigenvalue weighted by Gasteiger charge is -2.27. The highest BCUT2D eigenvalue weighted by Crippen LogP contribution is 2.31. The number of ether oxygens (including phenoxy) is 3. The standard InChI is InChI=1S/C23H30N4O6S/c1-17(2)33-21-5-4-19(34(29,30)27-9-13-32-14-10-27)15-20(21)25-23(28)18-3-6-22(24-16-18)26-7-11-31-12-8-26/h3-6,15-17H,7-14H2,1-2H3,(H,25,28). The smallest absolute Gasteiger partial charge is 0.257 e. The van der Waals surface area contributed by atoms with Crippen molar-refractivity contribution >= 4 is 27.4 Å². The van der Waals surface area contributed by atoms with Crippen molar-refractivity contribution in [3.8, 4) is 5.75 Å². The summed E-state index contributed by atoms with van der Waals surface area (Å²) in [5.41, 5.74) is 0.638. The summed E-state index contributed by atoms with van der Waals surface area (Å²) >= 11 is 0. The predicted molar refractivity (Wildman–Crippen MR) is 127 cm³/mol. The number of aromatic nitrogens is 1. The third kappa shape index (κ3) is 5.66. The molecule has 34 heavy (non-hydrogen) atoms. The van der Waals surface area contributed by atoms with Crippen LogP contribution in [-0.2, 0) is 19.5 Å². The van der Waals surface area contributed by atoms with Crippen molar-refractivity contribution in [2.45, 2.75) is 24.8 Å². The van der Waals surface area contributed by atoms with Crippen LogP contribution in [0.25, 0.3) is 0 Å². The van der Waals surface area contributed by atoms with Gasteiger partial charge in [0.05, 0.1) is 48.7 Å². The molecule has 0 spiro atoms. The minimum atomic E-state index is -3.73. The van der Waals surface area contributed by atoms with Crippen molar-refractivity contribution in [2.75, 3.05) is 62.8 Å². The van der Waals surface area contributed by atoms with Gasteiger partial charge in [0, 0.05) is 32.4 Å². The second-order valence-corrected chi connectivity index (χ2v) is 10.2. The summed E-state index contributed by atoms with van der Waals surface area (Å²) in [5, 5.41) is 2.80. The molecule has 1 aromatic heterocycles. The van der Waals surface area contributed by atoms with E-state index in [0.29, 0.717) is 37.7 Å². The van der Waals surface area contributed by atoms with Gasteiger partial charge in [0.25, 0.3) is 5.91 Å². The fourth-order valence-corrected chi connectivity index (χ4v) is 5.19. The molecule has 1 aromatic carbocycles. The molecule has 184 valence electrons. The van der Waals surface area contributed by atoms with Crippen LogP contribution in [-0.4, -0.2) is 82.3 Å². The van der Waals surface area contributed by atoms with Crippen LogP contribution in [0.2, 0.25) is 0 Å². The van der Waals surface area contributed by atoms with E-state index in [4.69, 9.17) is 14.2 Å². The maximum absolute atomic E-state index is 13.1.